The van der Waals surface area contributed by atoms with Gasteiger partial charge in [-0.25, -0.2) is 0 Å². The largest absolute Gasteiger partial charge is 0.480 e. The lowest BCUT2D eigenvalue weighted by Gasteiger charge is -2.33. The SMILES string of the molecule is CC(C)C(=S)Nc1ccc(C[C@H]2CN(CC(=O)O)CCN(CC(=O)O)CCN2CC(=O)O)cc1. The van der Waals surface area contributed by atoms with E-state index in [0.717, 1.165) is 16.2 Å². The van der Waals surface area contributed by atoms with E-state index in [4.69, 9.17) is 12.2 Å². The number of aliphatic carboxylic acids is 3. The Morgan fingerprint density at radius 2 is 1.44 bits per heavy atom. The number of carbonyl (C=O) groups is 3. The summed E-state index contributed by atoms with van der Waals surface area (Å²) < 4.78 is 0. The van der Waals surface area contributed by atoms with Crippen molar-refractivity contribution < 1.29 is 29.7 Å². The number of carboxylic acid groups (broad SMARTS) is 3. The molecule has 1 aliphatic heterocycles. The van der Waals surface area contributed by atoms with Crippen LogP contribution in [0.2, 0.25) is 0 Å². The first-order chi connectivity index (χ1) is 16.0. The van der Waals surface area contributed by atoms with Gasteiger partial charge in [-0.05, 0) is 24.1 Å². The molecular formula is C23H34N4O6S. The second-order valence-electron chi connectivity index (χ2n) is 8.86. The molecule has 1 atom stereocenters. The van der Waals surface area contributed by atoms with Crippen molar-refractivity contribution >= 4 is 40.8 Å². The highest BCUT2D eigenvalue weighted by atomic mass is 32.1. The van der Waals surface area contributed by atoms with Gasteiger partial charge in [0.2, 0.25) is 0 Å². The van der Waals surface area contributed by atoms with Crippen LogP contribution < -0.4 is 5.32 Å². The highest BCUT2D eigenvalue weighted by Gasteiger charge is 2.27. The first kappa shape index (κ1) is 27.6. The number of anilines is 1. The smallest absolute Gasteiger partial charge is 0.317 e. The van der Waals surface area contributed by atoms with Crippen LogP contribution in [0.15, 0.2) is 24.3 Å². The molecule has 0 aliphatic carbocycles. The monoisotopic (exact) mass is 494 g/mol. The van der Waals surface area contributed by atoms with Crippen molar-refractivity contribution in [3.8, 4) is 0 Å². The average molecular weight is 495 g/mol. The van der Waals surface area contributed by atoms with Gasteiger partial charge in [-0.3, -0.25) is 29.1 Å². The maximum absolute atomic E-state index is 11.6. The Morgan fingerprint density at radius 1 is 0.912 bits per heavy atom. The van der Waals surface area contributed by atoms with E-state index in [0.29, 0.717) is 39.1 Å². The highest BCUT2D eigenvalue weighted by Crippen LogP contribution is 2.17. The summed E-state index contributed by atoms with van der Waals surface area (Å²) in [5.41, 5.74) is 1.86. The van der Waals surface area contributed by atoms with Crippen molar-refractivity contribution in [3.05, 3.63) is 29.8 Å². The van der Waals surface area contributed by atoms with Crippen LogP contribution in [0.5, 0.6) is 0 Å². The second kappa shape index (κ2) is 13.3. The fourth-order valence-corrected chi connectivity index (χ4v) is 4.01. The minimum absolute atomic E-state index is 0.181. The Kier molecular flexibility index (Phi) is 10.8. The molecule has 0 saturated carbocycles. The summed E-state index contributed by atoms with van der Waals surface area (Å²) in [4.78, 5) is 40.3. The zero-order chi connectivity index (χ0) is 25.3. The molecular weight excluding hydrogens is 460 g/mol. The number of rotatable bonds is 10. The third-order valence-electron chi connectivity index (χ3n) is 5.69. The Morgan fingerprint density at radius 3 is 2.00 bits per heavy atom. The fourth-order valence-electron chi connectivity index (χ4n) is 3.89. The van der Waals surface area contributed by atoms with E-state index >= 15 is 0 Å². The normalized spacial score (nSPS) is 18.6. The van der Waals surface area contributed by atoms with Crippen molar-refractivity contribution in [3.63, 3.8) is 0 Å². The Bertz CT molecular complexity index is 864. The average Bonchev–Trinajstić information content (AvgIpc) is 2.80. The summed E-state index contributed by atoms with van der Waals surface area (Å²) in [6, 6.07) is 7.49. The number of hydrogen-bond donors (Lipinski definition) is 4. The first-order valence-electron chi connectivity index (χ1n) is 11.3. The van der Waals surface area contributed by atoms with Crippen LogP contribution in [-0.4, -0.2) is 111 Å². The lowest BCUT2D eigenvalue weighted by atomic mass is 10.0. The zero-order valence-corrected chi connectivity index (χ0v) is 20.5. The number of benzene rings is 1. The third-order valence-corrected chi connectivity index (χ3v) is 6.27. The molecule has 1 aromatic carbocycles. The maximum Gasteiger partial charge on any atom is 0.317 e. The van der Waals surface area contributed by atoms with E-state index in [1.165, 1.54) is 0 Å². The minimum atomic E-state index is -0.986. The van der Waals surface area contributed by atoms with Crippen LogP contribution in [0.4, 0.5) is 5.69 Å². The molecule has 4 N–H and O–H groups in total. The molecule has 2 rings (SSSR count). The molecule has 0 bridgehead atoms. The summed E-state index contributed by atoms with van der Waals surface area (Å²) in [6.45, 7) is 5.31. The molecule has 1 saturated heterocycles. The number of hydrogen-bond acceptors (Lipinski definition) is 7. The molecule has 1 fully saturated rings. The lowest BCUT2D eigenvalue weighted by molar-refractivity contribution is -0.140. The molecule has 1 aliphatic rings. The Labute approximate surface area is 205 Å². The van der Waals surface area contributed by atoms with Crippen LogP contribution in [-0.2, 0) is 20.8 Å². The Hall–Kier alpha value is -2.60. The van der Waals surface area contributed by atoms with Crippen LogP contribution >= 0.6 is 12.2 Å². The summed E-state index contributed by atoms with van der Waals surface area (Å²) in [5.74, 6) is -2.72. The van der Waals surface area contributed by atoms with E-state index in [2.05, 4.69) is 5.32 Å². The number of nitrogens with one attached hydrogen (secondary N) is 1. The van der Waals surface area contributed by atoms with Gasteiger partial charge in [0.05, 0.1) is 24.6 Å². The van der Waals surface area contributed by atoms with Gasteiger partial charge in [0.1, 0.15) is 0 Å². The molecule has 11 heteroatoms. The summed E-state index contributed by atoms with van der Waals surface area (Å²) in [6.07, 6.45) is 0.525. The van der Waals surface area contributed by atoms with Gasteiger partial charge < -0.3 is 20.6 Å². The lowest BCUT2D eigenvalue weighted by Crippen LogP contribution is -2.49. The van der Waals surface area contributed by atoms with Crippen molar-refractivity contribution in [2.45, 2.75) is 26.3 Å². The third kappa shape index (κ3) is 9.72. The molecule has 0 amide bonds. The van der Waals surface area contributed by atoms with Crippen molar-refractivity contribution in [1.29, 1.82) is 0 Å². The highest BCUT2D eigenvalue weighted by molar-refractivity contribution is 7.80. The zero-order valence-electron chi connectivity index (χ0n) is 19.6. The van der Waals surface area contributed by atoms with E-state index in [1.54, 1.807) is 14.7 Å². The fraction of sp³-hybridized carbons (Fsp3) is 0.565. The molecule has 10 nitrogen and oxygen atoms in total. The summed E-state index contributed by atoms with van der Waals surface area (Å²) >= 11 is 5.34. The number of thiocarbonyl (C=S) groups is 1. The van der Waals surface area contributed by atoms with E-state index in [9.17, 15) is 29.7 Å². The molecule has 188 valence electrons. The predicted molar refractivity (Wildman–Crippen MR) is 132 cm³/mol. The molecule has 0 unspecified atom stereocenters. The van der Waals surface area contributed by atoms with Gasteiger partial charge in [-0.2, -0.15) is 0 Å². The van der Waals surface area contributed by atoms with Crippen molar-refractivity contribution in [2.24, 2.45) is 5.92 Å². The predicted octanol–water partition coefficient (Wildman–Crippen LogP) is 1.17. The minimum Gasteiger partial charge on any atom is -0.480 e. The maximum atomic E-state index is 11.6. The first-order valence-corrected chi connectivity index (χ1v) is 11.7. The molecule has 0 spiro atoms. The van der Waals surface area contributed by atoms with Gasteiger partial charge in [-0.1, -0.05) is 38.2 Å². The van der Waals surface area contributed by atoms with E-state index in [1.807, 2.05) is 38.1 Å². The number of nitrogens with zero attached hydrogens (tertiary/aromatic N) is 3. The molecule has 1 aromatic rings. The van der Waals surface area contributed by atoms with Gasteiger partial charge >= 0.3 is 17.9 Å². The number of carboxylic acids is 3. The van der Waals surface area contributed by atoms with Crippen molar-refractivity contribution in [1.82, 2.24) is 14.7 Å². The van der Waals surface area contributed by atoms with E-state index in [-0.39, 0.29) is 31.6 Å². The van der Waals surface area contributed by atoms with Crippen molar-refractivity contribution in [2.75, 3.05) is 57.7 Å². The van der Waals surface area contributed by atoms with Gasteiger partial charge in [0, 0.05) is 50.4 Å². The van der Waals surface area contributed by atoms with Crippen LogP contribution in [0, 0.1) is 5.92 Å². The van der Waals surface area contributed by atoms with E-state index < -0.39 is 17.9 Å². The molecule has 34 heavy (non-hydrogen) atoms. The van der Waals surface area contributed by atoms with Gasteiger partial charge in [0.25, 0.3) is 0 Å². The summed E-state index contributed by atoms with van der Waals surface area (Å²) in [5, 5.41) is 31.3. The van der Waals surface area contributed by atoms with Crippen LogP contribution in [0.1, 0.15) is 19.4 Å². The van der Waals surface area contributed by atoms with Crippen LogP contribution in [0.25, 0.3) is 0 Å². The van der Waals surface area contributed by atoms with Gasteiger partial charge in [-0.15, -0.1) is 0 Å². The Balaban J connectivity index is 2.24. The quantitative estimate of drug-likeness (QED) is 0.349. The van der Waals surface area contributed by atoms with Crippen LogP contribution in [0.3, 0.4) is 0 Å². The standard InChI is InChI=1S/C23H34N4O6S/c1-16(2)23(34)24-18-5-3-17(4-6-18)11-19-12-26(14-21(30)31)8-7-25(13-20(28)29)9-10-27(19)15-22(32)33/h3-6,16,19H,7-15H2,1-2H3,(H,24,34)(H,28,29)(H,30,31)(H,32,33)/t19-/m0/s1. The topological polar surface area (TPSA) is 134 Å². The second-order valence-corrected chi connectivity index (χ2v) is 9.30. The summed E-state index contributed by atoms with van der Waals surface area (Å²) in [7, 11) is 0. The van der Waals surface area contributed by atoms with Gasteiger partial charge in [0.15, 0.2) is 0 Å². The molecule has 1 heterocycles. The molecule has 0 radical (unpaired) electrons. The molecule has 0 aromatic heterocycles.